The first-order chi connectivity index (χ1) is 9.87. The molecule has 0 bridgehead atoms. The molecule has 1 saturated heterocycles. The van der Waals surface area contributed by atoms with Gasteiger partial charge in [-0.25, -0.2) is 13.1 Å². The van der Waals surface area contributed by atoms with Crippen LogP contribution in [0.15, 0.2) is 9.63 Å². The molecule has 1 aliphatic heterocycles. The maximum absolute atomic E-state index is 12.9. The van der Waals surface area contributed by atoms with Gasteiger partial charge in [-0.05, 0) is 48.9 Å². The molecule has 2 rings (SSSR count). The van der Waals surface area contributed by atoms with Crippen molar-refractivity contribution in [3.63, 3.8) is 0 Å². The lowest BCUT2D eigenvalue weighted by molar-refractivity contribution is 0.160. The quantitative estimate of drug-likeness (QED) is 0.749. The van der Waals surface area contributed by atoms with Crippen molar-refractivity contribution in [2.45, 2.75) is 23.9 Å². The Bertz CT molecular complexity index is 563. The van der Waals surface area contributed by atoms with Crippen LogP contribution in [0.1, 0.15) is 12.8 Å². The van der Waals surface area contributed by atoms with E-state index in [-0.39, 0.29) is 28.8 Å². The van der Waals surface area contributed by atoms with Gasteiger partial charge in [0.15, 0.2) is 4.60 Å². The van der Waals surface area contributed by atoms with Crippen LogP contribution in [0.5, 0.6) is 0 Å². The van der Waals surface area contributed by atoms with Crippen molar-refractivity contribution < 1.29 is 13.5 Å². The van der Waals surface area contributed by atoms with Crippen molar-refractivity contribution in [1.29, 1.82) is 0 Å². The molecule has 0 spiro atoms. The molecule has 120 valence electrons. The fraction of sp³-hybridized carbons (Fsp3) is 0.818. The van der Waals surface area contributed by atoms with Crippen LogP contribution in [0.4, 0.5) is 0 Å². The number of nitrogens with zero attached hydrogens (tertiary/aromatic N) is 5. The number of sulfonamides is 1. The first kappa shape index (κ1) is 16.8. The van der Waals surface area contributed by atoms with Gasteiger partial charge in [0.1, 0.15) is 0 Å². The Morgan fingerprint density at radius 3 is 2.48 bits per heavy atom. The van der Waals surface area contributed by atoms with E-state index in [2.05, 4.69) is 31.1 Å². The Hall–Kier alpha value is -0.550. The summed E-state index contributed by atoms with van der Waals surface area (Å²) in [5.74, 6) is 0. The van der Waals surface area contributed by atoms with E-state index < -0.39 is 10.0 Å². The van der Waals surface area contributed by atoms with Gasteiger partial charge in [-0.3, -0.25) is 0 Å². The Morgan fingerprint density at radius 1 is 1.38 bits per heavy atom. The number of aryl methyl sites for hydroxylation is 1. The lowest BCUT2D eigenvalue weighted by Gasteiger charge is -2.36. The second kappa shape index (κ2) is 6.69. The van der Waals surface area contributed by atoms with Gasteiger partial charge < -0.3 is 10.0 Å². The first-order valence-corrected chi connectivity index (χ1v) is 8.97. The van der Waals surface area contributed by atoms with Crippen LogP contribution in [0, 0.1) is 0 Å². The maximum atomic E-state index is 12.9. The molecule has 0 unspecified atom stereocenters. The minimum atomic E-state index is -3.75. The first-order valence-electron chi connectivity index (χ1n) is 6.74. The van der Waals surface area contributed by atoms with Crippen molar-refractivity contribution in [1.82, 2.24) is 24.2 Å². The molecule has 1 aliphatic rings. The van der Waals surface area contributed by atoms with Crippen LogP contribution in [0.3, 0.4) is 0 Å². The fourth-order valence-electron chi connectivity index (χ4n) is 2.59. The zero-order valence-electron chi connectivity index (χ0n) is 12.1. The highest BCUT2D eigenvalue weighted by Gasteiger charge is 2.36. The lowest BCUT2D eigenvalue weighted by Crippen LogP contribution is -2.48. The van der Waals surface area contributed by atoms with E-state index in [0.29, 0.717) is 0 Å². The largest absolute Gasteiger partial charge is 0.395 e. The fourth-order valence-corrected chi connectivity index (χ4v) is 5.30. The summed E-state index contributed by atoms with van der Waals surface area (Å²) in [4.78, 5) is 2.17. The summed E-state index contributed by atoms with van der Waals surface area (Å²) in [7, 11) is -0.198. The molecule has 21 heavy (non-hydrogen) atoms. The molecule has 1 aromatic rings. The Kier molecular flexibility index (Phi) is 5.36. The molecule has 1 fully saturated rings. The van der Waals surface area contributed by atoms with Crippen LogP contribution < -0.4 is 0 Å². The second-order valence-electron chi connectivity index (χ2n) is 5.18. The van der Waals surface area contributed by atoms with E-state index in [1.165, 1.54) is 16.0 Å². The molecule has 10 heteroatoms. The highest BCUT2D eigenvalue weighted by Crippen LogP contribution is 2.26. The molecule has 0 aromatic carbocycles. The third kappa shape index (κ3) is 3.45. The van der Waals surface area contributed by atoms with Gasteiger partial charge in [0, 0.05) is 19.6 Å². The monoisotopic (exact) mass is 381 g/mol. The Labute approximate surface area is 132 Å². The van der Waals surface area contributed by atoms with Gasteiger partial charge in [0.05, 0.1) is 6.61 Å². The average molecular weight is 382 g/mol. The standard InChI is InChI=1S/C11H20BrN5O3S/c1-15-5-3-9(4-6-15)17(7-8-18)21(19,20)11-10(12)13-14-16(11)2/h9,18H,3-8H2,1-2H3. The summed E-state index contributed by atoms with van der Waals surface area (Å²) < 4.78 is 28.6. The minimum Gasteiger partial charge on any atom is -0.395 e. The number of likely N-dealkylation sites (tertiary alicyclic amines) is 1. The van der Waals surface area contributed by atoms with Crippen LogP contribution in [-0.4, -0.2) is 77.1 Å². The molecule has 2 heterocycles. The maximum Gasteiger partial charge on any atom is 0.263 e. The minimum absolute atomic E-state index is 0.0230. The number of aromatic nitrogens is 3. The molecule has 0 atom stereocenters. The van der Waals surface area contributed by atoms with E-state index in [1.54, 1.807) is 0 Å². The number of piperidine rings is 1. The molecule has 0 saturated carbocycles. The van der Waals surface area contributed by atoms with Crippen LogP contribution in [0.25, 0.3) is 0 Å². The molecule has 0 aliphatic carbocycles. The number of rotatable bonds is 5. The Balaban J connectivity index is 2.33. The second-order valence-corrected chi connectivity index (χ2v) is 7.74. The number of aliphatic hydroxyl groups excluding tert-OH is 1. The summed E-state index contributed by atoms with van der Waals surface area (Å²) in [6, 6.07) is -0.111. The number of hydrogen-bond donors (Lipinski definition) is 1. The highest BCUT2D eigenvalue weighted by atomic mass is 79.9. The van der Waals surface area contributed by atoms with Gasteiger partial charge in [-0.2, -0.15) is 4.31 Å². The van der Waals surface area contributed by atoms with Gasteiger partial charge in [-0.1, -0.05) is 5.21 Å². The number of hydrogen-bond acceptors (Lipinski definition) is 6. The SMILES string of the molecule is CN1CCC(N(CCO)S(=O)(=O)c2c(Br)nnn2C)CC1. The van der Waals surface area contributed by atoms with Gasteiger partial charge in [0.25, 0.3) is 10.0 Å². The van der Waals surface area contributed by atoms with Crippen molar-refractivity contribution in [3.05, 3.63) is 4.60 Å². The zero-order chi connectivity index (χ0) is 15.6. The molecule has 1 N–H and O–H groups in total. The zero-order valence-corrected chi connectivity index (χ0v) is 14.5. The van der Waals surface area contributed by atoms with Gasteiger partial charge >= 0.3 is 0 Å². The third-order valence-corrected chi connectivity index (χ3v) is 6.55. The van der Waals surface area contributed by atoms with Crippen molar-refractivity contribution in [2.75, 3.05) is 33.3 Å². The Morgan fingerprint density at radius 2 is 2.00 bits per heavy atom. The highest BCUT2D eigenvalue weighted by molar-refractivity contribution is 9.10. The molecular weight excluding hydrogens is 362 g/mol. The summed E-state index contributed by atoms with van der Waals surface area (Å²) >= 11 is 3.13. The number of aliphatic hydroxyl groups is 1. The number of halogens is 1. The summed E-state index contributed by atoms with van der Waals surface area (Å²) in [6.07, 6.45) is 1.50. The predicted octanol–water partition coefficient (Wildman–Crippen LogP) is -0.345. The summed E-state index contributed by atoms with van der Waals surface area (Å²) in [6.45, 7) is 1.54. The van der Waals surface area contributed by atoms with E-state index in [0.717, 1.165) is 25.9 Å². The van der Waals surface area contributed by atoms with Crippen molar-refractivity contribution >= 4 is 26.0 Å². The van der Waals surface area contributed by atoms with Crippen LogP contribution >= 0.6 is 15.9 Å². The molecular formula is C11H20BrN5O3S. The smallest absolute Gasteiger partial charge is 0.263 e. The van der Waals surface area contributed by atoms with Crippen LogP contribution in [-0.2, 0) is 17.1 Å². The average Bonchev–Trinajstić information content (AvgIpc) is 2.77. The third-order valence-electron chi connectivity index (χ3n) is 3.71. The normalized spacial score (nSPS) is 18.5. The van der Waals surface area contributed by atoms with Gasteiger partial charge in [-0.15, -0.1) is 5.10 Å². The van der Waals surface area contributed by atoms with E-state index in [1.807, 2.05) is 7.05 Å². The summed E-state index contributed by atoms with van der Waals surface area (Å²) in [5, 5.41) is 16.7. The van der Waals surface area contributed by atoms with E-state index in [4.69, 9.17) is 0 Å². The molecule has 0 radical (unpaired) electrons. The lowest BCUT2D eigenvalue weighted by atomic mass is 10.1. The topological polar surface area (TPSA) is 91.6 Å². The van der Waals surface area contributed by atoms with Crippen molar-refractivity contribution in [2.24, 2.45) is 7.05 Å². The predicted molar refractivity (Wildman–Crippen MR) is 80.2 cm³/mol. The summed E-state index contributed by atoms with van der Waals surface area (Å²) in [5.41, 5.74) is 0. The van der Waals surface area contributed by atoms with E-state index in [9.17, 15) is 13.5 Å². The molecule has 8 nitrogen and oxygen atoms in total. The molecule has 1 aromatic heterocycles. The van der Waals surface area contributed by atoms with Crippen LogP contribution in [0.2, 0.25) is 0 Å². The molecule has 0 amide bonds. The van der Waals surface area contributed by atoms with E-state index >= 15 is 0 Å². The van der Waals surface area contributed by atoms with Gasteiger partial charge in [0.2, 0.25) is 5.03 Å². The van der Waals surface area contributed by atoms with Crippen molar-refractivity contribution in [3.8, 4) is 0 Å².